The Labute approximate surface area is 93.4 Å². The van der Waals surface area contributed by atoms with Crippen LogP contribution in [0.4, 0.5) is 11.5 Å². The Morgan fingerprint density at radius 3 is 2.81 bits per heavy atom. The molecule has 0 aliphatic carbocycles. The zero-order chi connectivity index (χ0) is 11.5. The molecule has 2 heterocycles. The Balaban J connectivity index is 2.38. The maximum Gasteiger partial charge on any atom is 0.314 e. The van der Waals surface area contributed by atoms with Crippen LogP contribution in [-0.2, 0) is 0 Å². The molecule has 16 heavy (non-hydrogen) atoms. The van der Waals surface area contributed by atoms with Crippen LogP contribution in [-0.4, -0.2) is 36.1 Å². The first-order valence-corrected chi connectivity index (χ1v) is 5.26. The Morgan fingerprint density at radius 2 is 2.19 bits per heavy atom. The first kappa shape index (κ1) is 10.8. The lowest BCUT2D eigenvalue weighted by Gasteiger charge is -2.28. The standard InChI is InChI=1S/C10H14N4O2/c1-8-2-3-12-10(9(8)14(15)16)13-6-4-11-5-7-13/h2-3,11H,4-7H2,1H3. The molecule has 86 valence electrons. The molecule has 0 spiro atoms. The van der Waals surface area contributed by atoms with E-state index in [-0.39, 0.29) is 10.6 Å². The number of piperazine rings is 1. The van der Waals surface area contributed by atoms with E-state index in [4.69, 9.17) is 0 Å². The fraction of sp³-hybridized carbons (Fsp3) is 0.500. The fourth-order valence-corrected chi connectivity index (χ4v) is 1.87. The molecule has 1 aliphatic heterocycles. The van der Waals surface area contributed by atoms with E-state index in [2.05, 4.69) is 10.3 Å². The van der Waals surface area contributed by atoms with Crippen molar-refractivity contribution in [2.24, 2.45) is 0 Å². The highest BCUT2D eigenvalue weighted by Gasteiger charge is 2.24. The quantitative estimate of drug-likeness (QED) is 0.589. The predicted molar refractivity (Wildman–Crippen MR) is 60.7 cm³/mol. The van der Waals surface area contributed by atoms with Gasteiger partial charge in [0, 0.05) is 37.9 Å². The second-order valence-corrected chi connectivity index (χ2v) is 3.79. The average molecular weight is 222 g/mol. The van der Waals surface area contributed by atoms with Gasteiger partial charge in [0.2, 0.25) is 5.82 Å². The minimum atomic E-state index is -0.348. The van der Waals surface area contributed by atoms with E-state index < -0.39 is 0 Å². The van der Waals surface area contributed by atoms with Crippen molar-refractivity contribution in [3.63, 3.8) is 0 Å². The summed E-state index contributed by atoms with van der Waals surface area (Å²) in [7, 11) is 0. The minimum absolute atomic E-state index is 0.129. The van der Waals surface area contributed by atoms with E-state index in [9.17, 15) is 10.1 Å². The summed E-state index contributed by atoms with van der Waals surface area (Å²) in [5, 5.41) is 14.2. The Hall–Kier alpha value is -1.69. The summed E-state index contributed by atoms with van der Waals surface area (Å²) in [6, 6.07) is 1.67. The van der Waals surface area contributed by atoms with Crippen LogP contribution in [0.1, 0.15) is 5.56 Å². The molecule has 1 N–H and O–H groups in total. The Morgan fingerprint density at radius 1 is 1.50 bits per heavy atom. The second kappa shape index (κ2) is 4.44. The van der Waals surface area contributed by atoms with Crippen molar-refractivity contribution in [1.82, 2.24) is 10.3 Å². The van der Waals surface area contributed by atoms with Crippen molar-refractivity contribution >= 4 is 11.5 Å². The highest BCUT2D eigenvalue weighted by molar-refractivity contribution is 5.61. The van der Waals surface area contributed by atoms with Gasteiger partial charge in [-0.05, 0) is 13.0 Å². The lowest BCUT2D eigenvalue weighted by atomic mass is 10.2. The maximum atomic E-state index is 11.0. The van der Waals surface area contributed by atoms with Crippen LogP contribution in [0.2, 0.25) is 0 Å². The number of nitro groups is 1. The fourth-order valence-electron chi connectivity index (χ4n) is 1.87. The molecule has 0 amide bonds. The highest BCUT2D eigenvalue weighted by Crippen LogP contribution is 2.28. The summed E-state index contributed by atoms with van der Waals surface area (Å²) in [5.41, 5.74) is 0.790. The third-order valence-electron chi connectivity index (χ3n) is 2.71. The van der Waals surface area contributed by atoms with Gasteiger partial charge in [-0.1, -0.05) is 0 Å². The number of nitrogens with one attached hydrogen (secondary N) is 1. The van der Waals surface area contributed by atoms with E-state index in [0.29, 0.717) is 11.4 Å². The van der Waals surface area contributed by atoms with Crippen LogP contribution in [0.25, 0.3) is 0 Å². The molecule has 0 unspecified atom stereocenters. The van der Waals surface area contributed by atoms with Crippen molar-refractivity contribution in [1.29, 1.82) is 0 Å². The molecule has 1 fully saturated rings. The number of hydrogen-bond donors (Lipinski definition) is 1. The van der Waals surface area contributed by atoms with Crippen LogP contribution in [0, 0.1) is 17.0 Å². The normalized spacial score (nSPS) is 16.2. The minimum Gasteiger partial charge on any atom is -0.348 e. The number of pyridine rings is 1. The van der Waals surface area contributed by atoms with Crippen molar-refractivity contribution in [3.05, 3.63) is 27.9 Å². The summed E-state index contributed by atoms with van der Waals surface area (Å²) in [5.74, 6) is 0.492. The Kier molecular flexibility index (Phi) is 3.00. The summed E-state index contributed by atoms with van der Waals surface area (Å²) >= 11 is 0. The van der Waals surface area contributed by atoms with Crippen LogP contribution in [0.3, 0.4) is 0 Å². The van der Waals surface area contributed by atoms with Crippen molar-refractivity contribution in [2.75, 3.05) is 31.1 Å². The van der Waals surface area contributed by atoms with Crippen molar-refractivity contribution in [3.8, 4) is 0 Å². The molecule has 1 aromatic rings. The van der Waals surface area contributed by atoms with Crippen LogP contribution >= 0.6 is 0 Å². The molecular formula is C10H14N4O2. The molecule has 0 aromatic carbocycles. The van der Waals surface area contributed by atoms with E-state index in [1.165, 1.54) is 0 Å². The van der Waals surface area contributed by atoms with Gasteiger partial charge >= 0.3 is 5.69 Å². The smallest absolute Gasteiger partial charge is 0.314 e. The molecule has 0 bridgehead atoms. The zero-order valence-electron chi connectivity index (χ0n) is 9.14. The molecule has 0 atom stereocenters. The van der Waals surface area contributed by atoms with E-state index >= 15 is 0 Å². The summed E-state index contributed by atoms with van der Waals surface area (Å²) < 4.78 is 0. The van der Waals surface area contributed by atoms with E-state index in [0.717, 1.165) is 26.2 Å². The summed E-state index contributed by atoms with van der Waals surface area (Å²) in [6.07, 6.45) is 1.62. The molecule has 2 rings (SSSR count). The number of hydrogen-bond acceptors (Lipinski definition) is 5. The third-order valence-corrected chi connectivity index (χ3v) is 2.71. The van der Waals surface area contributed by atoms with Crippen LogP contribution in [0.5, 0.6) is 0 Å². The van der Waals surface area contributed by atoms with Crippen LogP contribution in [0.15, 0.2) is 12.3 Å². The van der Waals surface area contributed by atoms with Crippen molar-refractivity contribution in [2.45, 2.75) is 6.92 Å². The average Bonchev–Trinajstić information content (AvgIpc) is 2.29. The van der Waals surface area contributed by atoms with Gasteiger partial charge < -0.3 is 10.2 Å². The number of aryl methyl sites for hydroxylation is 1. The first-order chi connectivity index (χ1) is 7.70. The van der Waals surface area contributed by atoms with Gasteiger partial charge in [-0.3, -0.25) is 10.1 Å². The van der Waals surface area contributed by atoms with Gasteiger partial charge in [0.25, 0.3) is 0 Å². The second-order valence-electron chi connectivity index (χ2n) is 3.79. The van der Waals surface area contributed by atoms with Crippen LogP contribution < -0.4 is 10.2 Å². The maximum absolute atomic E-state index is 11.0. The molecule has 6 heteroatoms. The lowest BCUT2D eigenvalue weighted by Crippen LogP contribution is -2.44. The summed E-state index contributed by atoms with van der Waals surface area (Å²) in [6.45, 7) is 4.94. The SMILES string of the molecule is Cc1ccnc(N2CCNCC2)c1[N+](=O)[O-]. The topological polar surface area (TPSA) is 71.3 Å². The predicted octanol–water partition coefficient (Wildman–Crippen LogP) is 0.708. The molecule has 0 saturated carbocycles. The van der Waals surface area contributed by atoms with Gasteiger partial charge in [0.1, 0.15) is 0 Å². The van der Waals surface area contributed by atoms with Crippen molar-refractivity contribution < 1.29 is 4.92 Å². The van der Waals surface area contributed by atoms with E-state index in [1.54, 1.807) is 19.2 Å². The van der Waals surface area contributed by atoms with Gasteiger partial charge in [-0.2, -0.15) is 0 Å². The van der Waals surface area contributed by atoms with Gasteiger partial charge in [0.05, 0.1) is 4.92 Å². The van der Waals surface area contributed by atoms with Gasteiger partial charge in [-0.25, -0.2) is 4.98 Å². The molecule has 1 aliphatic rings. The Bertz CT molecular complexity index is 402. The largest absolute Gasteiger partial charge is 0.348 e. The zero-order valence-corrected chi connectivity index (χ0v) is 9.14. The van der Waals surface area contributed by atoms with Gasteiger partial charge in [0.15, 0.2) is 0 Å². The monoisotopic (exact) mass is 222 g/mol. The first-order valence-electron chi connectivity index (χ1n) is 5.26. The van der Waals surface area contributed by atoms with E-state index in [1.807, 2.05) is 4.90 Å². The molecular weight excluding hydrogens is 208 g/mol. The number of rotatable bonds is 2. The highest BCUT2D eigenvalue weighted by atomic mass is 16.6. The third kappa shape index (κ3) is 1.96. The molecule has 1 saturated heterocycles. The lowest BCUT2D eigenvalue weighted by molar-refractivity contribution is -0.384. The molecule has 0 radical (unpaired) electrons. The molecule has 1 aromatic heterocycles. The number of anilines is 1. The van der Waals surface area contributed by atoms with Gasteiger partial charge in [-0.15, -0.1) is 0 Å². The number of nitrogens with zero attached hydrogens (tertiary/aromatic N) is 3. The number of aromatic nitrogens is 1. The summed E-state index contributed by atoms with van der Waals surface area (Å²) in [4.78, 5) is 16.8. The molecule has 6 nitrogen and oxygen atoms in total.